The first kappa shape index (κ1) is 41.0. The number of benzene rings is 8. The number of fused-ring (bicyclic) bond motifs is 24. The Morgan fingerprint density at radius 2 is 0.508 bits per heavy atom. The number of hydrogen-bond donors (Lipinski definition) is 0. The maximum absolute atomic E-state index is 5.79. The first-order valence-corrected chi connectivity index (χ1v) is 26.1. The van der Waals surface area contributed by atoms with Gasteiger partial charge in [-0.3, -0.25) is 0 Å². The summed E-state index contributed by atoms with van der Waals surface area (Å²) in [6, 6.07) is 53.3. The van der Waals surface area contributed by atoms with Gasteiger partial charge in [0.2, 0.25) is 0 Å². The largest absolute Gasteiger partial charge is 2.00 e. The van der Waals surface area contributed by atoms with Crippen molar-refractivity contribution in [3.8, 4) is 45.0 Å². The zero-order valence-corrected chi connectivity index (χ0v) is 41.1. The topological polar surface area (TPSA) is 54.0 Å². The van der Waals surface area contributed by atoms with Gasteiger partial charge in [-0.25, -0.2) is 9.97 Å². The third kappa shape index (κ3) is 6.14. The smallest absolute Gasteiger partial charge is 0.655 e. The van der Waals surface area contributed by atoms with Gasteiger partial charge >= 0.3 is 21.1 Å². The Morgan fingerprint density at radius 3 is 0.708 bits per heavy atom. The van der Waals surface area contributed by atoms with Crippen LogP contribution in [-0.2, 0) is 21.1 Å². The Balaban J connectivity index is 0.00000444. The molecule has 8 aromatic carbocycles. The van der Waals surface area contributed by atoms with Gasteiger partial charge in [0.25, 0.3) is 0 Å². The fraction of sp³-hybridized carbons (Fsp3) is 0.0714. The van der Waals surface area contributed by atoms with Gasteiger partial charge in [0, 0.05) is 41.8 Å². The van der Waals surface area contributed by atoms with E-state index >= 15 is 0 Å². The van der Waals surface area contributed by atoms with Gasteiger partial charge in [-0.2, -0.15) is 0 Å². The molecule has 0 fully saturated rings. The van der Waals surface area contributed by atoms with Crippen LogP contribution in [0.5, 0.6) is 0 Å². The minimum atomic E-state index is 0. The molecule has 0 saturated heterocycles. The van der Waals surface area contributed by atoms with Crippen LogP contribution in [0.2, 0.25) is 0 Å². The SMILES string of the molecule is CSc1c2nc(c(SC)c3[n-]c(c(SC)c4nc(c(SC)c5[n-]c1c1cc6ccccc6cc51)-c1cc5ccccc5cc1-4)c1cc4ccccc4cc31)-c1cc3ccccc3cc1-2.[Pt+2]. The van der Waals surface area contributed by atoms with Crippen LogP contribution in [0.4, 0.5) is 0 Å². The summed E-state index contributed by atoms with van der Waals surface area (Å²) in [4.78, 5) is 27.3. The van der Waals surface area contributed by atoms with Crippen molar-refractivity contribution in [3.05, 3.63) is 146 Å². The summed E-state index contributed by atoms with van der Waals surface area (Å²) in [5, 5.41) is 13.9. The molecule has 4 nitrogen and oxygen atoms in total. The van der Waals surface area contributed by atoms with E-state index in [1.807, 2.05) is 0 Å². The maximum atomic E-state index is 5.79. The summed E-state index contributed by atoms with van der Waals surface area (Å²) in [7, 11) is 0. The van der Waals surface area contributed by atoms with Crippen molar-refractivity contribution in [2.24, 2.45) is 0 Å². The number of nitrogens with zero attached hydrogens (tertiary/aromatic N) is 4. The first-order valence-electron chi connectivity index (χ1n) is 21.2. The van der Waals surface area contributed by atoms with Gasteiger partial charge in [0.05, 0.1) is 22.8 Å². The standard InChI is InChI=1S/C56H36N4S4.Pt/c1-61-53-45-37-21-29-13-5-7-15-31(29)23-39(37)47(57-45)54(62-2)49-41-25-33-17-9-11-19-35(33)27-43(41)51(59-49)56(64-4)52-44-28-36-20-12-10-18-34(36)26-42(44)50(60-52)55(63-3)48-40-24-32-16-8-6-14-30(32)22-38(40)46(53)58-48;/h5-28H,1-4H3;/q-2;+2. The van der Waals surface area contributed by atoms with Gasteiger partial charge in [-0.05, 0) is 138 Å². The predicted octanol–water partition coefficient (Wildman–Crippen LogP) is 16.0. The maximum Gasteiger partial charge on any atom is 2.00 e. The molecule has 0 spiro atoms. The fourth-order valence-corrected chi connectivity index (χ4v) is 12.9. The van der Waals surface area contributed by atoms with Crippen LogP contribution in [-0.4, -0.2) is 35.0 Å². The van der Waals surface area contributed by atoms with Crippen molar-refractivity contribution in [2.45, 2.75) is 19.6 Å². The zero-order chi connectivity index (χ0) is 42.8. The normalized spacial score (nSPS) is 12.1. The van der Waals surface area contributed by atoms with Crippen molar-refractivity contribution >= 4 is 134 Å². The van der Waals surface area contributed by atoms with E-state index in [2.05, 4.69) is 171 Å². The van der Waals surface area contributed by atoms with E-state index in [1.165, 1.54) is 43.1 Å². The second-order valence-corrected chi connectivity index (χ2v) is 19.6. The predicted molar refractivity (Wildman–Crippen MR) is 280 cm³/mol. The van der Waals surface area contributed by atoms with Crippen molar-refractivity contribution in [2.75, 3.05) is 25.0 Å². The first-order chi connectivity index (χ1) is 31.5. The Morgan fingerprint density at radius 1 is 0.308 bits per heavy atom. The second-order valence-electron chi connectivity index (χ2n) is 16.3. The summed E-state index contributed by atoms with van der Waals surface area (Å²) in [6.45, 7) is 0. The molecule has 3 aromatic heterocycles. The van der Waals surface area contributed by atoms with E-state index in [0.29, 0.717) is 0 Å². The molecule has 13 rings (SSSR count). The molecule has 9 heteroatoms. The molecule has 0 N–H and O–H groups in total. The Labute approximate surface area is 406 Å². The van der Waals surface area contributed by atoms with E-state index < -0.39 is 0 Å². The van der Waals surface area contributed by atoms with Gasteiger partial charge < -0.3 is 9.97 Å². The van der Waals surface area contributed by atoms with Crippen LogP contribution in [0, 0.1) is 0 Å². The molecule has 65 heavy (non-hydrogen) atoms. The molecule has 2 aliphatic rings. The third-order valence-electron chi connectivity index (χ3n) is 13.0. The summed E-state index contributed by atoms with van der Waals surface area (Å²) < 4.78 is 0. The van der Waals surface area contributed by atoms with E-state index in [4.69, 9.17) is 19.9 Å². The van der Waals surface area contributed by atoms with Crippen molar-refractivity contribution in [1.82, 2.24) is 19.9 Å². The number of rotatable bonds is 4. The zero-order valence-electron chi connectivity index (χ0n) is 35.6. The summed E-state index contributed by atoms with van der Waals surface area (Å²) in [5.41, 5.74) is 12.0. The molecular formula is C56H36N4PtS4. The van der Waals surface area contributed by atoms with Gasteiger partial charge in [-0.15, -0.1) is 69.1 Å². The van der Waals surface area contributed by atoms with Crippen LogP contribution in [0.25, 0.3) is 132 Å². The minimum Gasteiger partial charge on any atom is -0.655 e. The van der Waals surface area contributed by atoms with Crippen molar-refractivity contribution < 1.29 is 21.1 Å². The molecule has 11 aromatic rings. The third-order valence-corrected chi connectivity index (χ3v) is 16.2. The van der Waals surface area contributed by atoms with E-state index in [9.17, 15) is 0 Å². The van der Waals surface area contributed by atoms with Crippen LogP contribution in [0.3, 0.4) is 0 Å². The molecule has 8 bridgehead atoms. The van der Waals surface area contributed by atoms with Crippen LogP contribution < -0.4 is 9.97 Å². The monoisotopic (exact) mass is 1090 g/mol. The van der Waals surface area contributed by atoms with Crippen molar-refractivity contribution in [1.29, 1.82) is 0 Å². The fourth-order valence-electron chi connectivity index (χ4n) is 10.1. The Bertz CT molecular complexity index is 3530. The van der Waals surface area contributed by atoms with Gasteiger partial charge in [0.15, 0.2) is 0 Å². The Hall–Kier alpha value is -5.47. The van der Waals surface area contributed by atoms with Crippen molar-refractivity contribution in [3.63, 3.8) is 0 Å². The molecule has 0 atom stereocenters. The second kappa shape index (κ2) is 15.9. The van der Waals surface area contributed by atoms with Gasteiger partial charge in [0.1, 0.15) is 0 Å². The molecule has 0 radical (unpaired) electrons. The number of hydrogen-bond acceptors (Lipinski definition) is 6. The summed E-state index contributed by atoms with van der Waals surface area (Å²) >= 11 is 6.89. The summed E-state index contributed by atoms with van der Waals surface area (Å²) in [5.74, 6) is 0. The minimum absolute atomic E-state index is 0. The molecule has 0 amide bonds. The van der Waals surface area contributed by atoms with Crippen LogP contribution in [0.15, 0.2) is 165 Å². The van der Waals surface area contributed by atoms with Crippen LogP contribution in [0.1, 0.15) is 0 Å². The molecule has 0 saturated carbocycles. The van der Waals surface area contributed by atoms with Gasteiger partial charge in [-0.1, -0.05) is 97.1 Å². The molecule has 314 valence electrons. The number of aromatic nitrogens is 4. The van der Waals surface area contributed by atoms with Crippen LogP contribution >= 0.6 is 47.0 Å². The summed E-state index contributed by atoms with van der Waals surface area (Å²) in [6.07, 6.45) is 8.67. The molecule has 2 aliphatic heterocycles. The quantitative estimate of drug-likeness (QED) is 0.162. The average molecular weight is 1090 g/mol. The molecular weight excluding hydrogens is 1050 g/mol. The molecule has 0 unspecified atom stereocenters. The van der Waals surface area contributed by atoms with E-state index in [1.54, 1.807) is 47.0 Å². The van der Waals surface area contributed by atoms with E-state index in [-0.39, 0.29) is 21.1 Å². The van der Waals surface area contributed by atoms with E-state index in [0.717, 1.165) is 108 Å². The average Bonchev–Trinajstić information content (AvgIpc) is 4.09. The Kier molecular flexibility index (Phi) is 10.00. The molecule has 5 heterocycles. The number of thioether (sulfide) groups is 4. The molecule has 0 aliphatic carbocycles.